The van der Waals surface area contributed by atoms with Gasteiger partial charge in [-0.1, -0.05) is 0 Å². The Hall–Kier alpha value is -2.91. The van der Waals surface area contributed by atoms with Gasteiger partial charge in [0.2, 0.25) is 5.91 Å². The summed E-state index contributed by atoms with van der Waals surface area (Å²) in [5.74, 6) is 0.459. The number of rotatable bonds is 6. The molecular weight excluding hydrogens is 274 g/mol. The van der Waals surface area contributed by atoms with Gasteiger partial charge in [-0.25, -0.2) is 14.2 Å². The van der Waals surface area contributed by atoms with Crippen LogP contribution in [-0.2, 0) is 17.8 Å². The monoisotopic (exact) mass is 287 g/mol. The van der Waals surface area contributed by atoms with Gasteiger partial charge in [-0.3, -0.25) is 4.79 Å². The van der Waals surface area contributed by atoms with Gasteiger partial charge in [0.25, 0.3) is 5.78 Å². The number of nitrogens with zero attached hydrogens (tertiary/aromatic N) is 8. The zero-order chi connectivity index (χ0) is 14.5. The summed E-state index contributed by atoms with van der Waals surface area (Å²) in [5, 5.41) is 17.4. The molecule has 0 atom stereocenters. The SMILES string of the molecule is O=C(Cn1cnnn1)NCCCc1cnc2ncnn2c1. The highest BCUT2D eigenvalue weighted by atomic mass is 16.2. The van der Waals surface area contributed by atoms with Crippen LogP contribution in [-0.4, -0.2) is 52.2 Å². The molecule has 108 valence electrons. The Morgan fingerprint density at radius 1 is 1.33 bits per heavy atom. The molecule has 0 aliphatic carbocycles. The Morgan fingerprint density at radius 3 is 3.14 bits per heavy atom. The van der Waals surface area contributed by atoms with E-state index in [1.165, 1.54) is 17.3 Å². The minimum atomic E-state index is -0.118. The van der Waals surface area contributed by atoms with E-state index in [4.69, 9.17) is 0 Å². The van der Waals surface area contributed by atoms with Gasteiger partial charge in [-0.2, -0.15) is 10.1 Å². The first-order valence-corrected chi connectivity index (χ1v) is 6.43. The Bertz CT molecular complexity index is 720. The predicted octanol–water partition coefficient (Wildman–Crippen LogP) is -1.14. The number of aromatic nitrogens is 8. The highest BCUT2D eigenvalue weighted by Crippen LogP contribution is 2.02. The van der Waals surface area contributed by atoms with Gasteiger partial charge < -0.3 is 5.32 Å². The van der Waals surface area contributed by atoms with E-state index in [9.17, 15) is 4.79 Å². The third kappa shape index (κ3) is 3.35. The first-order chi connectivity index (χ1) is 10.3. The standard InChI is InChI=1S/C11H13N9O/c21-10(6-19-8-15-17-18-19)12-3-1-2-9-4-13-11-14-7-16-20(11)5-9/h4-5,7-8H,1-3,6H2,(H,12,21). The van der Waals surface area contributed by atoms with Crippen molar-refractivity contribution in [3.63, 3.8) is 0 Å². The van der Waals surface area contributed by atoms with Crippen LogP contribution in [0.15, 0.2) is 25.0 Å². The van der Waals surface area contributed by atoms with Crippen LogP contribution in [0.25, 0.3) is 5.78 Å². The predicted molar refractivity (Wildman–Crippen MR) is 69.9 cm³/mol. The molecule has 0 fully saturated rings. The number of fused-ring (bicyclic) bond motifs is 1. The van der Waals surface area contributed by atoms with E-state index in [1.54, 1.807) is 10.7 Å². The van der Waals surface area contributed by atoms with Crippen LogP contribution in [0.4, 0.5) is 0 Å². The Kier molecular flexibility index (Phi) is 3.76. The van der Waals surface area contributed by atoms with E-state index < -0.39 is 0 Å². The van der Waals surface area contributed by atoms with Crippen molar-refractivity contribution in [3.05, 3.63) is 30.6 Å². The van der Waals surface area contributed by atoms with Gasteiger partial charge in [0.05, 0.1) is 0 Å². The zero-order valence-corrected chi connectivity index (χ0v) is 11.1. The van der Waals surface area contributed by atoms with E-state index in [0.29, 0.717) is 12.3 Å². The second kappa shape index (κ2) is 6.03. The molecular formula is C11H13N9O. The molecule has 0 aliphatic heterocycles. The van der Waals surface area contributed by atoms with Crippen molar-refractivity contribution in [2.45, 2.75) is 19.4 Å². The third-order valence-electron chi connectivity index (χ3n) is 2.85. The summed E-state index contributed by atoms with van der Waals surface area (Å²) in [6, 6.07) is 0. The molecule has 1 N–H and O–H groups in total. The van der Waals surface area contributed by atoms with E-state index >= 15 is 0 Å². The highest BCUT2D eigenvalue weighted by molar-refractivity contribution is 5.75. The summed E-state index contributed by atoms with van der Waals surface area (Å²) < 4.78 is 3.00. The van der Waals surface area contributed by atoms with Crippen molar-refractivity contribution in [3.8, 4) is 0 Å². The van der Waals surface area contributed by atoms with Crippen molar-refractivity contribution < 1.29 is 4.79 Å². The smallest absolute Gasteiger partial charge is 0.252 e. The Labute approximate surface area is 119 Å². The summed E-state index contributed by atoms with van der Waals surface area (Å²) >= 11 is 0. The van der Waals surface area contributed by atoms with Gasteiger partial charge >= 0.3 is 0 Å². The molecule has 1 amide bonds. The fraction of sp³-hybridized carbons (Fsp3) is 0.364. The molecule has 0 aromatic carbocycles. The van der Waals surface area contributed by atoms with Crippen LogP contribution >= 0.6 is 0 Å². The number of nitrogens with one attached hydrogen (secondary N) is 1. The summed E-state index contributed by atoms with van der Waals surface area (Å²) in [5.41, 5.74) is 1.04. The van der Waals surface area contributed by atoms with Crippen LogP contribution in [0, 0.1) is 0 Å². The normalized spacial score (nSPS) is 10.9. The second-order valence-corrected chi connectivity index (χ2v) is 4.43. The van der Waals surface area contributed by atoms with Crippen LogP contribution in [0.3, 0.4) is 0 Å². The van der Waals surface area contributed by atoms with E-state index in [-0.39, 0.29) is 12.5 Å². The van der Waals surface area contributed by atoms with Crippen LogP contribution in [0.2, 0.25) is 0 Å². The molecule has 3 aromatic rings. The van der Waals surface area contributed by atoms with Gasteiger partial charge in [0, 0.05) is 18.9 Å². The quantitative estimate of drug-likeness (QED) is 0.569. The lowest BCUT2D eigenvalue weighted by atomic mass is 10.2. The number of carbonyl (C=O) groups excluding carboxylic acids is 1. The van der Waals surface area contributed by atoms with Crippen molar-refractivity contribution in [1.82, 2.24) is 45.1 Å². The van der Waals surface area contributed by atoms with Crippen molar-refractivity contribution in [2.24, 2.45) is 0 Å². The first kappa shape index (κ1) is 13.1. The molecule has 0 unspecified atom stereocenters. The molecule has 10 heteroatoms. The number of aryl methyl sites for hydroxylation is 1. The second-order valence-electron chi connectivity index (χ2n) is 4.43. The summed E-state index contributed by atoms with van der Waals surface area (Å²) in [7, 11) is 0. The van der Waals surface area contributed by atoms with Gasteiger partial charge in [0.1, 0.15) is 19.2 Å². The first-order valence-electron chi connectivity index (χ1n) is 6.43. The maximum Gasteiger partial charge on any atom is 0.252 e. The molecule has 10 nitrogen and oxygen atoms in total. The molecule has 0 spiro atoms. The van der Waals surface area contributed by atoms with Gasteiger partial charge in [-0.15, -0.1) is 5.10 Å². The number of amides is 1. The summed E-state index contributed by atoms with van der Waals surface area (Å²) in [6.07, 6.45) is 8.13. The minimum absolute atomic E-state index is 0.118. The zero-order valence-electron chi connectivity index (χ0n) is 11.1. The molecule has 0 saturated carbocycles. The van der Waals surface area contributed by atoms with Crippen molar-refractivity contribution in [2.75, 3.05) is 6.54 Å². The maximum atomic E-state index is 11.6. The largest absolute Gasteiger partial charge is 0.354 e. The molecule has 0 bridgehead atoms. The molecule has 0 saturated heterocycles. The number of hydrogen-bond acceptors (Lipinski definition) is 7. The summed E-state index contributed by atoms with van der Waals surface area (Å²) in [6.45, 7) is 0.704. The molecule has 0 radical (unpaired) electrons. The van der Waals surface area contributed by atoms with E-state index in [0.717, 1.165) is 18.4 Å². The van der Waals surface area contributed by atoms with Crippen LogP contribution in [0.1, 0.15) is 12.0 Å². The highest BCUT2D eigenvalue weighted by Gasteiger charge is 2.03. The van der Waals surface area contributed by atoms with E-state index in [1.807, 2.05) is 6.20 Å². The van der Waals surface area contributed by atoms with Gasteiger partial charge in [0.15, 0.2) is 0 Å². The van der Waals surface area contributed by atoms with Crippen LogP contribution < -0.4 is 5.32 Å². The molecule has 3 aromatic heterocycles. The maximum absolute atomic E-state index is 11.6. The number of carbonyl (C=O) groups is 1. The fourth-order valence-corrected chi connectivity index (χ4v) is 1.86. The fourth-order valence-electron chi connectivity index (χ4n) is 1.86. The minimum Gasteiger partial charge on any atom is -0.354 e. The van der Waals surface area contributed by atoms with Crippen molar-refractivity contribution >= 4 is 11.7 Å². The molecule has 3 rings (SSSR count). The lowest BCUT2D eigenvalue weighted by Crippen LogP contribution is -2.28. The molecule has 0 aliphatic rings. The van der Waals surface area contributed by atoms with Gasteiger partial charge in [-0.05, 0) is 28.8 Å². The molecule has 21 heavy (non-hydrogen) atoms. The molecule has 3 heterocycles. The Morgan fingerprint density at radius 2 is 2.29 bits per heavy atom. The third-order valence-corrected chi connectivity index (χ3v) is 2.85. The summed E-state index contributed by atoms with van der Waals surface area (Å²) in [4.78, 5) is 19.8. The van der Waals surface area contributed by atoms with Crippen LogP contribution in [0.5, 0.6) is 0 Å². The average molecular weight is 287 g/mol. The number of tetrazole rings is 1. The lowest BCUT2D eigenvalue weighted by molar-refractivity contribution is -0.121. The lowest BCUT2D eigenvalue weighted by Gasteiger charge is -2.05. The van der Waals surface area contributed by atoms with E-state index in [2.05, 4.69) is 35.9 Å². The topological polar surface area (TPSA) is 116 Å². The number of hydrogen-bond donors (Lipinski definition) is 1. The van der Waals surface area contributed by atoms with Crippen molar-refractivity contribution in [1.29, 1.82) is 0 Å². The Balaban J connectivity index is 1.42. The average Bonchev–Trinajstić information content (AvgIpc) is 3.14.